The fourth-order valence-corrected chi connectivity index (χ4v) is 2.91. The Bertz CT molecular complexity index is 695. The van der Waals surface area contributed by atoms with Gasteiger partial charge in [0.1, 0.15) is 16.4 Å². The van der Waals surface area contributed by atoms with Crippen molar-refractivity contribution >= 4 is 52.3 Å². The summed E-state index contributed by atoms with van der Waals surface area (Å²) in [5.41, 5.74) is 6.08. The zero-order chi connectivity index (χ0) is 18.1. The van der Waals surface area contributed by atoms with Crippen LogP contribution in [0.4, 0.5) is 4.79 Å². The number of hydrogen-bond donors (Lipinski definition) is 1. The van der Waals surface area contributed by atoms with E-state index in [2.05, 4.69) is 4.99 Å². The molecule has 2 rings (SSSR count). The molecule has 0 spiro atoms. The third-order valence-electron chi connectivity index (χ3n) is 3.34. The Morgan fingerprint density at radius 3 is 2.54 bits per heavy atom. The molecule has 1 aliphatic heterocycles. The van der Waals surface area contributed by atoms with Crippen LogP contribution >= 0.6 is 35.4 Å². The Balaban J connectivity index is 1.96. The standard InChI is InChI=1S/C16H19Cl2N3O2S/c1-16(2,3)23-15(22)21-7-9(8-21)13(19)20-14(24)11-5-4-10(17)6-12(11)18/h4-6,9H,7-8H2,1-3H3,(H2,19,20,24). The smallest absolute Gasteiger partial charge is 0.410 e. The molecule has 1 fully saturated rings. The first-order valence-corrected chi connectivity index (χ1v) is 8.54. The van der Waals surface area contributed by atoms with E-state index < -0.39 is 5.60 Å². The van der Waals surface area contributed by atoms with E-state index >= 15 is 0 Å². The highest BCUT2D eigenvalue weighted by atomic mass is 35.5. The molecule has 130 valence electrons. The number of rotatable bonds is 2. The van der Waals surface area contributed by atoms with Crippen molar-refractivity contribution in [3.63, 3.8) is 0 Å². The first-order chi connectivity index (χ1) is 11.1. The number of carbonyl (C=O) groups excluding carboxylic acids is 1. The molecule has 0 radical (unpaired) electrons. The molecule has 1 aliphatic rings. The molecule has 24 heavy (non-hydrogen) atoms. The van der Waals surface area contributed by atoms with Crippen LogP contribution < -0.4 is 5.73 Å². The fraction of sp³-hybridized carbons (Fsp3) is 0.438. The molecule has 0 aliphatic carbocycles. The zero-order valence-electron chi connectivity index (χ0n) is 13.7. The lowest BCUT2D eigenvalue weighted by atomic mass is 9.99. The van der Waals surface area contributed by atoms with Gasteiger partial charge in [0.15, 0.2) is 0 Å². The van der Waals surface area contributed by atoms with Crippen molar-refractivity contribution < 1.29 is 9.53 Å². The van der Waals surface area contributed by atoms with Gasteiger partial charge in [0.05, 0.1) is 10.9 Å². The molecule has 0 bridgehead atoms. The second kappa shape index (κ2) is 7.25. The number of carbonyl (C=O) groups is 1. The molecule has 1 heterocycles. The van der Waals surface area contributed by atoms with Crippen LogP contribution in [0, 0.1) is 5.92 Å². The van der Waals surface area contributed by atoms with Gasteiger partial charge in [0.25, 0.3) is 0 Å². The fourth-order valence-electron chi connectivity index (χ4n) is 2.07. The summed E-state index contributed by atoms with van der Waals surface area (Å²) in [7, 11) is 0. The van der Waals surface area contributed by atoms with Crippen LogP contribution in [-0.2, 0) is 4.74 Å². The number of amidine groups is 1. The SMILES string of the molecule is CC(C)(C)OC(=O)N1CC(C(N)=NC(=S)c2ccc(Cl)cc2Cl)C1. The minimum absolute atomic E-state index is 0.0402. The average molecular weight is 388 g/mol. The third kappa shape index (κ3) is 4.82. The zero-order valence-corrected chi connectivity index (χ0v) is 16.0. The normalized spacial score (nSPS) is 15.9. The highest BCUT2D eigenvalue weighted by Gasteiger charge is 2.35. The maximum Gasteiger partial charge on any atom is 0.410 e. The van der Waals surface area contributed by atoms with Gasteiger partial charge >= 0.3 is 6.09 Å². The van der Waals surface area contributed by atoms with Gasteiger partial charge in [0, 0.05) is 23.7 Å². The predicted octanol–water partition coefficient (Wildman–Crippen LogP) is 3.89. The van der Waals surface area contributed by atoms with E-state index in [0.29, 0.717) is 39.5 Å². The molecule has 2 N–H and O–H groups in total. The maximum absolute atomic E-state index is 11.9. The van der Waals surface area contributed by atoms with Crippen molar-refractivity contribution in [2.45, 2.75) is 26.4 Å². The lowest BCUT2D eigenvalue weighted by Crippen LogP contribution is -2.56. The summed E-state index contributed by atoms with van der Waals surface area (Å²) in [4.78, 5) is 18.0. The second-order valence-corrected chi connectivity index (χ2v) is 7.78. The minimum atomic E-state index is -0.519. The quantitative estimate of drug-likeness (QED) is 0.474. The molecule has 0 saturated carbocycles. The van der Waals surface area contributed by atoms with Crippen LogP contribution in [0.3, 0.4) is 0 Å². The molecule has 1 aromatic carbocycles. The first kappa shape index (κ1) is 19.0. The van der Waals surface area contributed by atoms with Crippen LogP contribution in [0.2, 0.25) is 10.0 Å². The van der Waals surface area contributed by atoms with E-state index in [4.69, 9.17) is 45.9 Å². The Morgan fingerprint density at radius 1 is 1.38 bits per heavy atom. The number of nitrogens with two attached hydrogens (primary N) is 1. The summed E-state index contributed by atoms with van der Waals surface area (Å²) in [5.74, 6) is 0.340. The van der Waals surface area contributed by atoms with Gasteiger partial charge < -0.3 is 15.4 Å². The van der Waals surface area contributed by atoms with Gasteiger partial charge in [-0.1, -0.05) is 35.4 Å². The molecular formula is C16H19Cl2N3O2S. The van der Waals surface area contributed by atoms with Crippen LogP contribution in [0.25, 0.3) is 0 Å². The lowest BCUT2D eigenvalue weighted by molar-refractivity contribution is 0.00686. The molecule has 5 nitrogen and oxygen atoms in total. The second-order valence-electron chi connectivity index (χ2n) is 6.55. The molecule has 0 aromatic heterocycles. The highest BCUT2D eigenvalue weighted by molar-refractivity contribution is 7.80. The summed E-state index contributed by atoms with van der Waals surface area (Å²) >= 11 is 17.2. The first-order valence-electron chi connectivity index (χ1n) is 7.38. The summed E-state index contributed by atoms with van der Waals surface area (Å²) in [6, 6.07) is 5.00. The molecule has 1 aromatic rings. The van der Waals surface area contributed by atoms with E-state index in [0.717, 1.165) is 0 Å². The number of hydrogen-bond acceptors (Lipinski definition) is 3. The Hall–Kier alpha value is -1.37. The third-order valence-corrected chi connectivity index (χ3v) is 4.20. The number of nitrogens with zero attached hydrogens (tertiary/aromatic N) is 2. The van der Waals surface area contributed by atoms with Crippen LogP contribution in [0.5, 0.6) is 0 Å². The largest absolute Gasteiger partial charge is 0.444 e. The Morgan fingerprint density at radius 2 is 2.00 bits per heavy atom. The topological polar surface area (TPSA) is 67.9 Å². The van der Waals surface area contributed by atoms with E-state index in [1.807, 2.05) is 20.8 Å². The maximum atomic E-state index is 11.9. The van der Waals surface area contributed by atoms with Crippen LogP contribution in [-0.4, -0.2) is 40.5 Å². The Kier molecular flexibility index (Phi) is 5.73. The van der Waals surface area contributed by atoms with Gasteiger partial charge in [-0.05, 0) is 39.0 Å². The minimum Gasteiger partial charge on any atom is -0.444 e. The molecular weight excluding hydrogens is 369 g/mol. The monoisotopic (exact) mass is 387 g/mol. The van der Waals surface area contributed by atoms with Crippen LogP contribution in [0.15, 0.2) is 23.2 Å². The van der Waals surface area contributed by atoms with E-state index in [9.17, 15) is 4.79 Å². The number of benzene rings is 1. The molecule has 8 heteroatoms. The summed E-state index contributed by atoms with van der Waals surface area (Å²) in [6.07, 6.45) is -0.352. The number of likely N-dealkylation sites (tertiary alicyclic amines) is 1. The van der Waals surface area contributed by atoms with Crippen molar-refractivity contribution in [2.75, 3.05) is 13.1 Å². The van der Waals surface area contributed by atoms with Gasteiger partial charge in [-0.3, -0.25) is 0 Å². The lowest BCUT2D eigenvalue weighted by Gasteiger charge is -2.39. The van der Waals surface area contributed by atoms with Gasteiger partial charge in [0.2, 0.25) is 0 Å². The van der Waals surface area contributed by atoms with Crippen molar-refractivity contribution in [2.24, 2.45) is 16.6 Å². The van der Waals surface area contributed by atoms with Crippen molar-refractivity contribution in [1.82, 2.24) is 4.90 Å². The number of thiocarbonyl (C=S) groups is 1. The van der Waals surface area contributed by atoms with Gasteiger partial charge in [-0.15, -0.1) is 0 Å². The van der Waals surface area contributed by atoms with E-state index in [1.165, 1.54) is 0 Å². The summed E-state index contributed by atoms with van der Waals surface area (Å²) < 4.78 is 5.30. The summed E-state index contributed by atoms with van der Waals surface area (Å²) in [6.45, 7) is 6.40. The number of halogens is 2. The number of aliphatic imine (C=N–C) groups is 1. The van der Waals surface area contributed by atoms with Crippen LogP contribution in [0.1, 0.15) is 26.3 Å². The average Bonchev–Trinajstić information content (AvgIpc) is 2.33. The predicted molar refractivity (Wildman–Crippen MR) is 101 cm³/mol. The number of amides is 1. The summed E-state index contributed by atoms with van der Waals surface area (Å²) in [5, 5.41) is 0.948. The van der Waals surface area contributed by atoms with Gasteiger partial charge in [-0.2, -0.15) is 0 Å². The van der Waals surface area contributed by atoms with Crippen molar-refractivity contribution in [1.29, 1.82) is 0 Å². The van der Waals surface area contributed by atoms with E-state index in [-0.39, 0.29) is 12.0 Å². The van der Waals surface area contributed by atoms with Crippen molar-refractivity contribution in [3.05, 3.63) is 33.8 Å². The molecule has 1 amide bonds. The highest BCUT2D eigenvalue weighted by Crippen LogP contribution is 2.23. The molecule has 1 saturated heterocycles. The molecule has 0 atom stereocenters. The van der Waals surface area contributed by atoms with Crippen molar-refractivity contribution in [3.8, 4) is 0 Å². The van der Waals surface area contributed by atoms with E-state index in [1.54, 1.807) is 23.1 Å². The molecule has 0 unspecified atom stereocenters. The van der Waals surface area contributed by atoms with Gasteiger partial charge in [-0.25, -0.2) is 9.79 Å². The number of ether oxygens (including phenoxy) is 1. The Labute approximate surface area is 156 Å².